The summed E-state index contributed by atoms with van der Waals surface area (Å²) in [5, 5.41) is 23.7. The van der Waals surface area contributed by atoms with Gasteiger partial charge >= 0.3 is 5.69 Å². The SMILES string of the molecule is O=C(N/N=C\c1ccc(O)c([N+](=O)[O-])c1)c1cccnc1. The van der Waals surface area contributed by atoms with Gasteiger partial charge in [0.05, 0.1) is 16.7 Å². The fourth-order valence-corrected chi connectivity index (χ4v) is 1.49. The average molecular weight is 286 g/mol. The van der Waals surface area contributed by atoms with Crippen LogP contribution in [0.15, 0.2) is 47.8 Å². The van der Waals surface area contributed by atoms with E-state index in [2.05, 4.69) is 15.5 Å². The number of aromatic hydroxyl groups is 1. The number of aromatic nitrogens is 1. The van der Waals surface area contributed by atoms with Crippen molar-refractivity contribution in [2.75, 3.05) is 0 Å². The first-order valence-corrected chi connectivity index (χ1v) is 5.79. The molecule has 0 aliphatic heterocycles. The molecule has 1 aromatic carbocycles. The van der Waals surface area contributed by atoms with Crippen LogP contribution in [0.1, 0.15) is 15.9 Å². The van der Waals surface area contributed by atoms with Gasteiger partial charge in [0.25, 0.3) is 5.91 Å². The van der Waals surface area contributed by atoms with Crippen LogP contribution in [-0.2, 0) is 0 Å². The van der Waals surface area contributed by atoms with Crippen LogP contribution in [0.4, 0.5) is 5.69 Å². The molecule has 1 heterocycles. The summed E-state index contributed by atoms with van der Waals surface area (Å²) < 4.78 is 0. The van der Waals surface area contributed by atoms with Crippen molar-refractivity contribution in [2.45, 2.75) is 0 Å². The number of hydrogen-bond donors (Lipinski definition) is 2. The van der Waals surface area contributed by atoms with E-state index < -0.39 is 22.3 Å². The monoisotopic (exact) mass is 286 g/mol. The number of phenolic OH excluding ortho intramolecular Hbond substituents is 1. The minimum absolute atomic E-state index is 0.339. The number of pyridine rings is 1. The lowest BCUT2D eigenvalue weighted by Gasteiger charge is -1.99. The summed E-state index contributed by atoms with van der Waals surface area (Å²) in [7, 11) is 0. The molecule has 0 unspecified atom stereocenters. The maximum Gasteiger partial charge on any atom is 0.311 e. The first-order chi connectivity index (χ1) is 10.1. The topological polar surface area (TPSA) is 118 Å². The Morgan fingerprint density at radius 2 is 2.24 bits per heavy atom. The quantitative estimate of drug-likeness (QED) is 0.501. The van der Waals surface area contributed by atoms with Crippen molar-refractivity contribution in [3.8, 4) is 5.75 Å². The smallest absolute Gasteiger partial charge is 0.311 e. The molecule has 0 fully saturated rings. The minimum Gasteiger partial charge on any atom is -0.502 e. The Labute approximate surface area is 118 Å². The van der Waals surface area contributed by atoms with Crippen molar-refractivity contribution in [3.05, 3.63) is 64.0 Å². The predicted molar refractivity (Wildman–Crippen MR) is 74.1 cm³/mol. The molecule has 0 saturated heterocycles. The van der Waals surface area contributed by atoms with Gasteiger partial charge in [0.15, 0.2) is 5.75 Å². The number of rotatable bonds is 4. The number of carbonyl (C=O) groups excluding carboxylic acids is 1. The molecule has 0 aliphatic rings. The molecule has 2 N–H and O–H groups in total. The molecule has 106 valence electrons. The fourth-order valence-electron chi connectivity index (χ4n) is 1.49. The molecule has 1 aromatic heterocycles. The third-order valence-electron chi connectivity index (χ3n) is 2.50. The second-order valence-electron chi connectivity index (χ2n) is 3.95. The summed E-state index contributed by atoms with van der Waals surface area (Å²) in [5.41, 5.74) is 2.54. The predicted octanol–water partition coefficient (Wildman–Crippen LogP) is 1.46. The normalized spacial score (nSPS) is 10.5. The third kappa shape index (κ3) is 3.60. The standard InChI is InChI=1S/C13H10N4O4/c18-12-4-3-9(6-11(12)17(20)21)7-15-16-13(19)10-2-1-5-14-8-10/h1-8,18H,(H,16,19)/b15-7-. The van der Waals surface area contributed by atoms with Crippen molar-refractivity contribution in [2.24, 2.45) is 5.10 Å². The molecule has 2 rings (SSSR count). The summed E-state index contributed by atoms with van der Waals surface area (Å²) in [5.74, 6) is -0.885. The van der Waals surface area contributed by atoms with E-state index in [1.807, 2.05) is 0 Å². The van der Waals surface area contributed by atoms with Crippen molar-refractivity contribution < 1.29 is 14.8 Å². The van der Waals surface area contributed by atoms with E-state index in [0.29, 0.717) is 11.1 Å². The third-order valence-corrected chi connectivity index (χ3v) is 2.50. The first-order valence-electron chi connectivity index (χ1n) is 5.79. The van der Waals surface area contributed by atoms with Crippen molar-refractivity contribution in [1.29, 1.82) is 0 Å². The van der Waals surface area contributed by atoms with Crippen LogP contribution in [0.2, 0.25) is 0 Å². The molecule has 1 amide bonds. The van der Waals surface area contributed by atoms with Gasteiger partial charge in [-0.05, 0) is 24.3 Å². The number of nitro groups is 1. The maximum absolute atomic E-state index is 11.7. The number of amides is 1. The zero-order valence-corrected chi connectivity index (χ0v) is 10.6. The first kappa shape index (κ1) is 14.1. The van der Waals surface area contributed by atoms with Crippen LogP contribution in [-0.4, -0.2) is 27.1 Å². The zero-order valence-electron chi connectivity index (χ0n) is 10.6. The second-order valence-corrected chi connectivity index (χ2v) is 3.95. The number of benzene rings is 1. The Morgan fingerprint density at radius 1 is 1.43 bits per heavy atom. The highest BCUT2D eigenvalue weighted by Gasteiger charge is 2.12. The van der Waals surface area contributed by atoms with E-state index in [9.17, 15) is 20.0 Å². The molecule has 8 nitrogen and oxygen atoms in total. The summed E-state index contributed by atoms with van der Waals surface area (Å²) in [6.07, 6.45) is 4.16. The van der Waals surface area contributed by atoms with Crippen LogP contribution < -0.4 is 5.43 Å². The molecule has 2 aromatic rings. The summed E-state index contributed by atoms with van der Waals surface area (Å²) in [6.45, 7) is 0. The van der Waals surface area contributed by atoms with Crippen molar-refractivity contribution in [3.63, 3.8) is 0 Å². The molecule has 0 aliphatic carbocycles. The van der Waals surface area contributed by atoms with E-state index >= 15 is 0 Å². The highest BCUT2D eigenvalue weighted by atomic mass is 16.6. The van der Waals surface area contributed by atoms with Crippen LogP contribution >= 0.6 is 0 Å². The molecule has 0 saturated carbocycles. The lowest BCUT2D eigenvalue weighted by atomic mass is 10.2. The number of hydrazone groups is 1. The fraction of sp³-hybridized carbons (Fsp3) is 0. The molecular weight excluding hydrogens is 276 g/mol. The zero-order chi connectivity index (χ0) is 15.2. The Hall–Kier alpha value is -3.29. The van der Waals surface area contributed by atoms with Gasteiger partial charge in [-0.25, -0.2) is 5.43 Å². The van der Waals surface area contributed by atoms with Crippen LogP contribution in [0, 0.1) is 10.1 Å². The molecule has 0 radical (unpaired) electrons. The lowest BCUT2D eigenvalue weighted by molar-refractivity contribution is -0.385. The second kappa shape index (κ2) is 6.24. The highest BCUT2D eigenvalue weighted by molar-refractivity contribution is 5.94. The van der Waals surface area contributed by atoms with Gasteiger partial charge < -0.3 is 5.11 Å². The number of phenols is 1. The van der Waals surface area contributed by atoms with Gasteiger partial charge in [-0.2, -0.15) is 5.10 Å². The largest absolute Gasteiger partial charge is 0.502 e. The summed E-state index contributed by atoms with van der Waals surface area (Å²) in [4.78, 5) is 25.4. The number of nitrogens with zero attached hydrogens (tertiary/aromatic N) is 3. The van der Waals surface area contributed by atoms with E-state index in [4.69, 9.17) is 0 Å². The molecule has 0 spiro atoms. The molecule has 0 atom stereocenters. The Bertz CT molecular complexity index is 701. The number of nitrogens with one attached hydrogen (secondary N) is 1. The van der Waals surface area contributed by atoms with Gasteiger partial charge in [-0.3, -0.25) is 19.9 Å². The number of carbonyl (C=O) groups is 1. The van der Waals surface area contributed by atoms with E-state index in [1.54, 1.807) is 12.1 Å². The summed E-state index contributed by atoms with van der Waals surface area (Å²) >= 11 is 0. The van der Waals surface area contributed by atoms with Crippen LogP contribution in [0.3, 0.4) is 0 Å². The lowest BCUT2D eigenvalue weighted by Crippen LogP contribution is -2.17. The number of nitro benzene ring substituents is 1. The molecule has 8 heteroatoms. The highest BCUT2D eigenvalue weighted by Crippen LogP contribution is 2.25. The Morgan fingerprint density at radius 3 is 2.90 bits per heavy atom. The van der Waals surface area contributed by atoms with Crippen molar-refractivity contribution in [1.82, 2.24) is 10.4 Å². The summed E-state index contributed by atoms with van der Waals surface area (Å²) in [6, 6.07) is 6.95. The van der Waals surface area contributed by atoms with Gasteiger partial charge in [-0.1, -0.05) is 0 Å². The van der Waals surface area contributed by atoms with Crippen LogP contribution in [0.5, 0.6) is 5.75 Å². The molecule has 0 bridgehead atoms. The molecule has 21 heavy (non-hydrogen) atoms. The minimum atomic E-state index is -0.707. The van der Waals surface area contributed by atoms with Gasteiger partial charge in [0, 0.05) is 24.0 Å². The van der Waals surface area contributed by atoms with Gasteiger partial charge in [0.2, 0.25) is 0 Å². The maximum atomic E-state index is 11.7. The van der Waals surface area contributed by atoms with E-state index in [0.717, 1.165) is 6.07 Å². The van der Waals surface area contributed by atoms with Crippen LogP contribution in [0.25, 0.3) is 0 Å². The number of hydrogen-bond acceptors (Lipinski definition) is 6. The molecular formula is C13H10N4O4. The van der Waals surface area contributed by atoms with Gasteiger partial charge in [-0.15, -0.1) is 0 Å². The average Bonchev–Trinajstić information content (AvgIpc) is 2.49. The Balaban J connectivity index is 2.07. The van der Waals surface area contributed by atoms with Gasteiger partial charge in [0.1, 0.15) is 0 Å². The van der Waals surface area contributed by atoms with E-state index in [-0.39, 0.29) is 0 Å². The Kier molecular flexibility index (Phi) is 4.20. The van der Waals surface area contributed by atoms with E-state index in [1.165, 1.54) is 30.7 Å². The van der Waals surface area contributed by atoms with Crippen molar-refractivity contribution >= 4 is 17.8 Å².